The Morgan fingerprint density at radius 3 is 1.67 bits per heavy atom. The molecule has 2 N–H and O–H groups in total. The zero-order valence-electron chi connectivity index (χ0n) is 8.78. The lowest BCUT2D eigenvalue weighted by molar-refractivity contribution is -0.138. The lowest BCUT2D eigenvalue weighted by atomic mass is 10.3. The molecule has 0 aliphatic heterocycles. The second kappa shape index (κ2) is 9.87. The van der Waals surface area contributed by atoms with Gasteiger partial charge in [-0.1, -0.05) is 0 Å². The minimum absolute atomic E-state index is 0.233. The quantitative estimate of drug-likeness (QED) is 0.412. The van der Waals surface area contributed by atoms with Gasteiger partial charge in [-0.3, -0.25) is 9.59 Å². The standard InChI is InChI=1S/C8H18O5Si2/c9-7(10)3-1-5-14-13-15-6-2-4-8(11)12/h1-6,14-15H2,(H,9,10)(H,11,12). The van der Waals surface area contributed by atoms with Crippen molar-refractivity contribution in [3.63, 3.8) is 0 Å². The van der Waals surface area contributed by atoms with E-state index in [-0.39, 0.29) is 12.8 Å². The molecule has 0 aliphatic rings. The van der Waals surface area contributed by atoms with Crippen LogP contribution in [-0.4, -0.2) is 41.7 Å². The molecule has 0 rings (SSSR count). The molecule has 0 saturated heterocycles. The van der Waals surface area contributed by atoms with Gasteiger partial charge in [-0.2, -0.15) is 0 Å². The van der Waals surface area contributed by atoms with Crippen molar-refractivity contribution >= 4 is 31.5 Å². The van der Waals surface area contributed by atoms with Crippen molar-refractivity contribution in [3.8, 4) is 0 Å². The maximum atomic E-state index is 10.2. The Morgan fingerprint density at radius 2 is 1.33 bits per heavy atom. The molecule has 0 aromatic carbocycles. The largest absolute Gasteiger partial charge is 0.481 e. The topological polar surface area (TPSA) is 83.8 Å². The van der Waals surface area contributed by atoms with Gasteiger partial charge in [0.05, 0.1) is 0 Å². The summed E-state index contributed by atoms with van der Waals surface area (Å²) in [5, 5.41) is 16.7. The molecule has 0 unspecified atom stereocenters. The van der Waals surface area contributed by atoms with Gasteiger partial charge in [0.2, 0.25) is 0 Å². The van der Waals surface area contributed by atoms with Gasteiger partial charge in [0, 0.05) is 12.8 Å². The molecule has 7 heteroatoms. The van der Waals surface area contributed by atoms with E-state index in [1.54, 1.807) is 0 Å². The molecule has 0 aliphatic carbocycles. The number of carbonyl (C=O) groups is 2. The second-order valence-electron chi connectivity index (χ2n) is 3.31. The van der Waals surface area contributed by atoms with Gasteiger partial charge in [0.25, 0.3) is 0 Å². The highest BCUT2D eigenvalue weighted by molar-refractivity contribution is 6.42. The van der Waals surface area contributed by atoms with Gasteiger partial charge in [-0.05, 0) is 24.9 Å². The molecular weight excluding hydrogens is 232 g/mol. The molecule has 0 amide bonds. The van der Waals surface area contributed by atoms with Gasteiger partial charge in [0.1, 0.15) is 19.5 Å². The highest BCUT2D eigenvalue weighted by Crippen LogP contribution is 1.98. The van der Waals surface area contributed by atoms with E-state index in [9.17, 15) is 9.59 Å². The van der Waals surface area contributed by atoms with E-state index >= 15 is 0 Å². The zero-order valence-corrected chi connectivity index (χ0v) is 11.6. The third kappa shape index (κ3) is 13.3. The fourth-order valence-electron chi connectivity index (χ4n) is 1.06. The van der Waals surface area contributed by atoms with Crippen molar-refractivity contribution in [2.75, 3.05) is 0 Å². The summed E-state index contributed by atoms with van der Waals surface area (Å²) in [5.74, 6) is -1.49. The summed E-state index contributed by atoms with van der Waals surface area (Å²) in [7, 11) is -1.06. The van der Waals surface area contributed by atoms with Crippen LogP contribution >= 0.6 is 0 Å². The van der Waals surface area contributed by atoms with Gasteiger partial charge in [-0.25, -0.2) is 0 Å². The van der Waals surface area contributed by atoms with Gasteiger partial charge in [-0.15, -0.1) is 0 Å². The Hall–Kier alpha value is -0.666. The predicted molar refractivity (Wildman–Crippen MR) is 61.5 cm³/mol. The van der Waals surface area contributed by atoms with Crippen LogP contribution in [-0.2, 0) is 13.7 Å². The summed E-state index contributed by atoms with van der Waals surface area (Å²) in [6.07, 6.45) is 1.89. The molecule has 88 valence electrons. The van der Waals surface area contributed by atoms with E-state index in [0.717, 1.165) is 12.1 Å². The molecule has 0 spiro atoms. The van der Waals surface area contributed by atoms with Crippen LogP contribution in [0.25, 0.3) is 0 Å². The SMILES string of the molecule is O=C(O)CCC[SiH2]O[SiH2]CCCC(=O)O. The van der Waals surface area contributed by atoms with E-state index in [1.165, 1.54) is 0 Å². The van der Waals surface area contributed by atoms with E-state index < -0.39 is 31.5 Å². The molecule has 0 aromatic heterocycles. The number of rotatable bonds is 10. The Kier molecular flexibility index (Phi) is 9.43. The summed E-state index contributed by atoms with van der Waals surface area (Å²) < 4.78 is 5.49. The maximum Gasteiger partial charge on any atom is 0.303 e. The Morgan fingerprint density at radius 1 is 0.933 bits per heavy atom. The summed E-state index contributed by atoms with van der Waals surface area (Å²) >= 11 is 0. The summed E-state index contributed by atoms with van der Waals surface area (Å²) in [6, 6.07) is 1.83. The molecule has 0 atom stereocenters. The smallest absolute Gasteiger partial charge is 0.303 e. The normalized spacial score (nSPS) is 11.7. The maximum absolute atomic E-state index is 10.2. The Balaban J connectivity index is 2.99. The lowest BCUT2D eigenvalue weighted by Gasteiger charge is -2.01. The Labute approximate surface area is 93.7 Å². The van der Waals surface area contributed by atoms with Crippen molar-refractivity contribution in [1.29, 1.82) is 0 Å². The number of aliphatic carboxylic acids is 2. The van der Waals surface area contributed by atoms with Crippen LogP contribution in [0.1, 0.15) is 25.7 Å². The van der Waals surface area contributed by atoms with Gasteiger partial charge in [0.15, 0.2) is 0 Å². The summed E-state index contributed by atoms with van der Waals surface area (Å²) in [5.41, 5.74) is 0. The van der Waals surface area contributed by atoms with Gasteiger partial charge < -0.3 is 14.3 Å². The van der Waals surface area contributed by atoms with Crippen molar-refractivity contribution < 1.29 is 23.9 Å². The van der Waals surface area contributed by atoms with Crippen molar-refractivity contribution in [1.82, 2.24) is 0 Å². The molecule has 15 heavy (non-hydrogen) atoms. The number of carboxylic acid groups (broad SMARTS) is 2. The second-order valence-corrected chi connectivity index (χ2v) is 7.18. The van der Waals surface area contributed by atoms with Crippen LogP contribution in [0.4, 0.5) is 0 Å². The zero-order chi connectivity index (χ0) is 11.5. The van der Waals surface area contributed by atoms with Crippen molar-refractivity contribution in [2.24, 2.45) is 0 Å². The number of hydrogen-bond acceptors (Lipinski definition) is 3. The predicted octanol–water partition coefficient (Wildman–Crippen LogP) is -0.263. The molecular formula is C8H18O5Si2. The Bertz CT molecular complexity index is 177. The fraction of sp³-hybridized carbons (Fsp3) is 0.750. The molecule has 5 nitrogen and oxygen atoms in total. The van der Waals surface area contributed by atoms with Crippen LogP contribution in [0.2, 0.25) is 12.1 Å². The highest BCUT2D eigenvalue weighted by Gasteiger charge is 1.98. The van der Waals surface area contributed by atoms with Crippen LogP contribution in [0.5, 0.6) is 0 Å². The van der Waals surface area contributed by atoms with Crippen LogP contribution < -0.4 is 0 Å². The molecule has 0 heterocycles. The van der Waals surface area contributed by atoms with Gasteiger partial charge >= 0.3 is 11.9 Å². The number of hydrogen-bond donors (Lipinski definition) is 2. The molecule has 0 aromatic rings. The first-order chi connectivity index (χ1) is 7.13. The molecule has 0 saturated carbocycles. The van der Waals surface area contributed by atoms with Crippen LogP contribution in [0.3, 0.4) is 0 Å². The first-order valence-electron chi connectivity index (χ1n) is 5.14. The van der Waals surface area contributed by atoms with E-state index in [0.29, 0.717) is 12.8 Å². The minimum Gasteiger partial charge on any atom is -0.481 e. The average molecular weight is 250 g/mol. The van der Waals surface area contributed by atoms with Crippen LogP contribution in [0.15, 0.2) is 0 Å². The van der Waals surface area contributed by atoms with E-state index in [1.807, 2.05) is 0 Å². The molecule has 0 fully saturated rings. The monoisotopic (exact) mass is 250 g/mol. The third-order valence-electron chi connectivity index (χ3n) is 1.86. The average Bonchev–Trinajstić information content (AvgIpc) is 2.14. The van der Waals surface area contributed by atoms with E-state index in [2.05, 4.69) is 0 Å². The first kappa shape index (κ1) is 14.3. The first-order valence-corrected chi connectivity index (χ1v) is 8.29. The summed E-state index contributed by atoms with van der Waals surface area (Å²) in [4.78, 5) is 20.3. The highest BCUT2D eigenvalue weighted by atomic mass is 28.3. The lowest BCUT2D eigenvalue weighted by Crippen LogP contribution is -2.05. The molecule has 0 bridgehead atoms. The van der Waals surface area contributed by atoms with Crippen LogP contribution in [0, 0.1) is 0 Å². The van der Waals surface area contributed by atoms with Crippen molar-refractivity contribution in [3.05, 3.63) is 0 Å². The third-order valence-corrected chi connectivity index (χ3v) is 5.75. The molecule has 0 radical (unpaired) electrons. The fourth-order valence-corrected chi connectivity index (χ4v) is 4.42. The van der Waals surface area contributed by atoms with E-state index in [4.69, 9.17) is 14.3 Å². The minimum atomic E-state index is -0.747. The number of carboxylic acids is 2. The summed E-state index contributed by atoms with van der Waals surface area (Å²) in [6.45, 7) is 0. The van der Waals surface area contributed by atoms with Crippen molar-refractivity contribution in [2.45, 2.75) is 37.8 Å².